The van der Waals surface area contributed by atoms with Gasteiger partial charge in [-0.1, -0.05) is 6.08 Å². The molecule has 7 heteroatoms. The Morgan fingerprint density at radius 1 is 0.867 bits per heavy atom. The van der Waals surface area contributed by atoms with Crippen molar-refractivity contribution in [2.75, 3.05) is 13.1 Å². The Kier molecular flexibility index (Phi) is 3.92. The summed E-state index contributed by atoms with van der Waals surface area (Å²) in [5, 5.41) is 13.2. The van der Waals surface area contributed by atoms with Gasteiger partial charge in [-0.15, -0.1) is 0 Å². The molecule has 146 valence electrons. The van der Waals surface area contributed by atoms with Crippen LogP contribution >= 0.6 is 0 Å². The van der Waals surface area contributed by atoms with Crippen LogP contribution in [0.2, 0.25) is 0 Å². The van der Waals surface area contributed by atoms with Crippen LogP contribution in [0.5, 0.6) is 0 Å². The van der Waals surface area contributed by atoms with Crippen LogP contribution < -0.4 is 5.32 Å². The smallest absolute Gasteiger partial charge is 0.116 e. The van der Waals surface area contributed by atoms with Crippen LogP contribution in [0.1, 0.15) is 12.1 Å². The SMILES string of the molecule is C1=C(c2cc3c(-c4cc5c(-c6ccncc6)nccc5[nH]4)n[nH]c3cn2)CCNC1. The monoisotopic (exact) mass is 393 g/mol. The highest BCUT2D eigenvalue weighted by atomic mass is 15.1. The van der Waals surface area contributed by atoms with Crippen molar-refractivity contribution in [1.29, 1.82) is 0 Å². The fourth-order valence-corrected chi connectivity index (χ4v) is 4.07. The van der Waals surface area contributed by atoms with E-state index in [0.29, 0.717) is 0 Å². The lowest BCUT2D eigenvalue weighted by atomic mass is 10.0. The average molecular weight is 393 g/mol. The second kappa shape index (κ2) is 6.89. The third-order valence-corrected chi connectivity index (χ3v) is 5.60. The van der Waals surface area contributed by atoms with Gasteiger partial charge in [0.1, 0.15) is 5.69 Å². The normalized spacial score (nSPS) is 14.3. The van der Waals surface area contributed by atoms with Gasteiger partial charge in [0.25, 0.3) is 0 Å². The third kappa shape index (κ3) is 2.79. The number of hydrogen-bond acceptors (Lipinski definition) is 5. The van der Waals surface area contributed by atoms with Crippen molar-refractivity contribution in [3.63, 3.8) is 0 Å². The van der Waals surface area contributed by atoms with E-state index < -0.39 is 0 Å². The number of fused-ring (bicyclic) bond motifs is 2. The molecule has 0 saturated heterocycles. The number of rotatable bonds is 3. The highest BCUT2D eigenvalue weighted by Crippen LogP contribution is 2.33. The molecule has 0 bridgehead atoms. The summed E-state index contributed by atoms with van der Waals surface area (Å²) in [4.78, 5) is 16.9. The van der Waals surface area contributed by atoms with E-state index in [2.05, 4.69) is 53.7 Å². The van der Waals surface area contributed by atoms with Gasteiger partial charge in [-0.3, -0.25) is 20.1 Å². The Morgan fingerprint density at radius 2 is 1.77 bits per heavy atom. The van der Waals surface area contributed by atoms with E-state index in [9.17, 15) is 0 Å². The Hall–Kier alpha value is -3.84. The van der Waals surface area contributed by atoms with Crippen LogP contribution in [0.4, 0.5) is 0 Å². The van der Waals surface area contributed by atoms with E-state index in [4.69, 9.17) is 0 Å². The molecule has 0 saturated carbocycles. The van der Waals surface area contributed by atoms with Gasteiger partial charge in [0.15, 0.2) is 0 Å². The summed E-state index contributed by atoms with van der Waals surface area (Å²) in [6.45, 7) is 1.87. The zero-order valence-electron chi connectivity index (χ0n) is 16.2. The molecule has 5 aromatic rings. The third-order valence-electron chi connectivity index (χ3n) is 5.60. The van der Waals surface area contributed by atoms with E-state index in [0.717, 1.165) is 69.7 Å². The molecule has 0 aliphatic carbocycles. The molecular formula is C23H19N7. The number of aromatic nitrogens is 6. The molecule has 0 aromatic carbocycles. The lowest BCUT2D eigenvalue weighted by Crippen LogP contribution is -2.20. The Morgan fingerprint density at radius 3 is 2.63 bits per heavy atom. The maximum atomic E-state index is 4.64. The topological polar surface area (TPSA) is 95.2 Å². The summed E-state index contributed by atoms with van der Waals surface area (Å²) in [6.07, 6.45) is 10.5. The lowest BCUT2D eigenvalue weighted by Gasteiger charge is -2.13. The van der Waals surface area contributed by atoms with Gasteiger partial charge in [-0.2, -0.15) is 5.10 Å². The van der Waals surface area contributed by atoms with Crippen LogP contribution in [0.25, 0.3) is 50.0 Å². The Bertz CT molecular complexity index is 1400. The summed E-state index contributed by atoms with van der Waals surface area (Å²) < 4.78 is 0. The minimum Gasteiger partial charge on any atom is -0.353 e. The molecule has 5 aromatic heterocycles. The number of pyridine rings is 3. The highest BCUT2D eigenvalue weighted by Gasteiger charge is 2.16. The van der Waals surface area contributed by atoms with Gasteiger partial charge in [-0.25, -0.2) is 0 Å². The molecule has 6 heterocycles. The molecule has 7 nitrogen and oxygen atoms in total. The fourth-order valence-electron chi connectivity index (χ4n) is 4.07. The standard InChI is InChI=1S/C23H19N7/c1-6-24-7-2-14(1)19-11-17-21(13-27-19)29-30-23(17)20-12-16-18(28-20)5-10-26-22(16)15-3-8-25-9-4-15/h1,3-5,8-13,24,28H,2,6-7H2,(H,29,30). The molecule has 3 N–H and O–H groups in total. The van der Waals surface area contributed by atoms with Crippen molar-refractivity contribution >= 4 is 27.4 Å². The molecule has 30 heavy (non-hydrogen) atoms. The molecule has 1 aliphatic heterocycles. The zero-order chi connectivity index (χ0) is 19.9. The maximum Gasteiger partial charge on any atom is 0.116 e. The van der Waals surface area contributed by atoms with Crippen molar-refractivity contribution in [2.24, 2.45) is 0 Å². The predicted molar refractivity (Wildman–Crippen MR) is 118 cm³/mol. The number of hydrogen-bond donors (Lipinski definition) is 3. The highest BCUT2D eigenvalue weighted by molar-refractivity contribution is 6.00. The van der Waals surface area contributed by atoms with Crippen molar-refractivity contribution in [1.82, 2.24) is 35.5 Å². The first-order valence-electron chi connectivity index (χ1n) is 9.99. The van der Waals surface area contributed by atoms with E-state index in [1.165, 1.54) is 5.57 Å². The first-order chi connectivity index (χ1) is 14.9. The van der Waals surface area contributed by atoms with Crippen molar-refractivity contribution in [2.45, 2.75) is 6.42 Å². The predicted octanol–water partition coefficient (Wildman–Crippen LogP) is 3.94. The molecular weight excluding hydrogens is 374 g/mol. The molecule has 6 rings (SSSR count). The minimum atomic E-state index is 0.889. The van der Waals surface area contributed by atoms with Gasteiger partial charge >= 0.3 is 0 Å². The minimum absolute atomic E-state index is 0.889. The van der Waals surface area contributed by atoms with E-state index in [-0.39, 0.29) is 0 Å². The summed E-state index contributed by atoms with van der Waals surface area (Å²) in [5.74, 6) is 0. The van der Waals surface area contributed by atoms with E-state index in [1.807, 2.05) is 30.6 Å². The van der Waals surface area contributed by atoms with Gasteiger partial charge in [0.2, 0.25) is 0 Å². The number of H-pyrrole nitrogens is 2. The molecule has 0 spiro atoms. The van der Waals surface area contributed by atoms with Gasteiger partial charge in [0.05, 0.1) is 28.8 Å². The van der Waals surface area contributed by atoms with Crippen LogP contribution in [-0.2, 0) is 0 Å². The van der Waals surface area contributed by atoms with E-state index in [1.54, 1.807) is 12.4 Å². The summed E-state index contributed by atoms with van der Waals surface area (Å²) in [5.41, 5.74) is 8.06. The second-order valence-electron chi connectivity index (χ2n) is 7.41. The summed E-state index contributed by atoms with van der Waals surface area (Å²) in [6, 6.07) is 10.2. The largest absolute Gasteiger partial charge is 0.353 e. The first kappa shape index (κ1) is 17.1. The number of nitrogens with zero attached hydrogens (tertiary/aromatic N) is 4. The molecule has 1 aliphatic rings. The van der Waals surface area contributed by atoms with Crippen LogP contribution in [0.3, 0.4) is 0 Å². The van der Waals surface area contributed by atoms with Crippen LogP contribution in [0, 0.1) is 0 Å². The second-order valence-corrected chi connectivity index (χ2v) is 7.41. The summed E-state index contributed by atoms with van der Waals surface area (Å²) >= 11 is 0. The Balaban J connectivity index is 1.50. The average Bonchev–Trinajstić information content (AvgIpc) is 3.43. The summed E-state index contributed by atoms with van der Waals surface area (Å²) in [7, 11) is 0. The van der Waals surface area contributed by atoms with Gasteiger partial charge in [-0.05, 0) is 48.9 Å². The Labute approximate surface area is 172 Å². The van der Waals surface area contributed by atoms with Gasteiger partial charge < -0.3 is 10.3 Å². The lowest BCUT2D eigenvalue weighted by molar-refractivity contribution is 0.737. The zero-order valence-corrected chi connectivity index (χ0v) is 16.2. The molecule has 0 atom stereocenters. The van der Waals surface area contributed by atoms with Gasteiger partial charge in [0, 0.05) is 47.0 Å². The van der Waals surface area contributed by atoms with Crippen LogP contribution in [0.15, 0.2) is 61.2 Å². The maximum absolute atomic E-state index is 4.64. The van der Waals surface area contributed by atoms with Crippen molar-refractivity contribution < 1.29 is 0 Å². The molecule has 0 radical (unpaired) electrons. The quantitative estimate of drug-likeness (QED) is 0.432. The number of nitrogens with one attached hydrogen (secondary N) is 3. The fraction of sp³-hybridized carbons (Fsp3) is 0.130. The van der Waals surface area contributed by atoms with E-state index >= 15 is 0 Å². The first-order valence-corrected chi connectivity index (χ1v) is 9.99. The van der Waals surface area contributed by atoms with Crippen LogP contribution in [-0.4, -0.2) is 43.2 Å². The van der Waals surface area contributed by atoms with Crippen molar-refractivity contribution in [3.8, 4) is 22.6 Å². The van der Waals surface area contributed by atoms with Crippen molar-refractivity contribution in [3.05, 3.63) is 66.9 Å². The molecule has 0 fully saturated rings. The number of aromatic amines is 2. The molecule has 0 amide bonds. The molecule has 0 unspecified atom stereocenters.